The molecule has 0 aromatic rings. The molecule has 5 nitrogen and oxygen atoms in total. The molecule has 0 fully saturated rings. The van der Waals surface area contributed by atoms with Crippen LogP contribution in [0.3, 0.4) is 0 Å². The standard InChI is InChI=1S/C3H10NO4PS.2Li/c4-1-3(5)2-10-9(6,7)8;;/h3,5H,1-2,4H2,(H2,6,7,8);;. The molecule has 64 valence electrons. The molecule has 0 heterocycles. The third-order valence-corrected chi connectivity index (χ3v) is 3.03. The van der Waals surface area contributed by atoms with Gasteiger partial charge in [0.15, 0.2) is 0 Å². The van der Waals surface area contributed by atoms with Crippen LogP contribution in [0.1, 0.15) is 0 Å². The zero-order valence-electron chi connectivity index (χ0n) is 7.17. The van der Waals surface area contributed by atoms with E-state index in [0.29, 0.717) is 11.4 Å². The van der Waals surface area contributed by atoms with E-state index >= 15 is 0 Å². The van der Waals surface area contributed by atoms with E-state index in [9.17, 15) is 4.57 Å². The van der Waals surface area contributed by atoms with Gasteiger partial charge in [0.2, 0.25) is 0 Å². The molecule has 0 aromatic carbocycles. The fraction of sp³-hybridized carbons (Fsp3) is 1.00. The summed E-state index contributed by atoms with van der Waals surface area (Å²) in [6.45, 7) is -4.01. The maximum absolute atomic E-state index is 10.2. The molecule has 0 saturated heterocycles. The Hall–Kier alpha value is 1.61. The Kier molecular flexibility index (Phi) is 14.7. The van der Waals surface area contributed by atoms with Crippen molar-refractivity contribution in [3.8, 4) is 0 Å². The summed E-state index contributed by atoms with van der Waals surface area (Å²) in [5, 5.41) is 8.73. The Morgan fingerprint density at radius 1 is 1.42 bits per heavy atom. The molecule has 12 heavy (non-hydrogen) atoms. The van der Waals surface area contributed by atoms with Crippen molar-refractivity contribution < 1.29 is 19.5 Å². The van der Waals surface area contributed by atoms with Crippen LogP contribution < -0.4 is 5.73 Å². The van der Waals surface area contributed by atoms with Crippen molar-refractivity contribution in [2.75, 3.05) is 12.3 Å². The second-order valence-electron chi connectivity index (χ2n) is 1.68. The van der Waals surface area contributed by atoms with Crippen LogP contribution >= 0.6 is 18.2 Å². The van der Waals surface area contributed by atoms with Gasteiger partial charge in [0.1, 0.15) is 0 Å². The van der Waals surface area contributed by atoms with E-state index in [-0.39, 0.29) is 50.0 Å². The molecule has 0 aliphatic carbocycles. The molecular formula is C3H10Li2NO4PS. The first-order chi connectivity index (χ1) is 4.45. The second-order valence-corrected chi connectivity index (χ2v) is 5.45. The largest absolute Gasteiger partial charge is 0.391 e. The summed E-state index contributed by atoms with van der Waals surface area (Å²) in [6.07, 6.45) is -0.836. The summed E-state index contributed by atoms with van der Waals surface area (Å²) in [5.74, 6) is -0.0270. The first-order valence-corrected chi connectivity index (χ1v) is 5.74. The molecule has 0 aliphatic rings. The number of aliphatic hydroxyl groups is 1. The summed E-state index contributed by atoms with van der Waals surface area (Å²) in [4.78, 5) is 16.6. The molecule has 1 atom stereocenters. The Bertz CT molecular complexity index is 144. The SMILES string of the molecule is NCC(O)CSP(=O)(O)O.[Li].[Li]. The van der Waals surface area contributed by atoms with Gasteiger partial charge in [-0.1, -0.05) is 0 Å². The number of nitrogens with two attached hydrogens (primary N) is 1. The first-order valence-electron chi connectivity index (χ1n) is 2.54. The third kappa shape index (κ3) is 14.2. The topological polar surface area (TPSA) is 104 Å². The van der Waals surface area contributed by atoms with Crippen molar-refractivity contribution in [1.29, 1.82) is 0 Å². The zero-order chi connectivity index (χ0) is 8.20. The molecule has 0 aromatic heterocycles. The van der Waals surface area contributed by atoms with Crippen LogP contribution in [0.25, 0.3) is 0 Å². The van der Waals surface area contributed by atoms with Crippen LogP contribution in [-0.4, -0.2) is 71.0 Å². The Morgan fingerprint density at radius 2 is 1.83 bits per heavy atom. The van der Waals surface area contributed by atoms with Gasteiger partial charge in [-0.05, 0) is 11.4 Å². The monoisotopic (exact) mass is 201 g/mol. The fourth-order valence-electron chi connectivity index (χ4n) is 0.251. The van der Waals surface area contributed by atoms with E-state index in [0.717, 1.165) is 0 Å². The van der Waals surface area contributed by atoms with E-state index in [4.69, 9.17) is 20.6 Å². The molecule has 2 radical (unpaired) electrons. The molecule has 5 N–H and O–H groups in total. The van der Waals surface area contributed by atoms with E-state index in [1.165, 1.54) is 0 Å². The summed E-state index contributed by atoms with van der Waals surface area (Å²) in [7, 11) is 0. The van der Waals surface area contributed by atoms with Gasteiger partial charge in [0.25, 0.3) is 0 Å². The normalized spacial score (nSPS) is 12.7. The van der Waals surface area contributed by atoms with E-state index in [2.05, 4.69) is 0 Å². The molecule has 0 bridgehead atoms. The summed E-state index contributed by atoms with van der Waals surface area (Å²) < 4.78 is 10.2. The van der Waals surface area contributed by atoms with Gasteiger partial charge < -0.3 is 20.6 Å². The zero-order valence-corrected chi connectivity index (χ0v) is 8.89. The van der Waals surface area contributed by atoms with Crippen molar-refractivity contribution in [3.05, 3.63) is 0 Å². The molecule has 9 heteroatoms. The van der Waals surface area contributed by atoms with Gasteiger partial charge in [-0.2, -0.15) is 0 Å². The molecular weight excluding hydrogens is 191 g/mol. The minimum Gasteiger partial charge on any atom is -0.391 e. The average molecular weight is 201 g/mol. The summed E-state index contributed by atoms with van der Waals surface area (Å²) in [5.41, 5.74) is 4.99. The maximum atomic E-state index is 10.2. The Labute approximate surface area is 99.1 Å². The van der Waals surface area contributed by atoms with Crippen LogP contribution in [0.2, 0.25) is 0 Å². The third-order valence-electron chi connectivity index (χ3n) is 0.707. The molecule has 0 saturated carbocycles. The quantitative estimate of drug-likeness (QED) is 0.321. The van der Waals surface area contributed by atoms with Gasteiger partial charge in [-0.25, -0.2) is 4.57 Å². The van der Waals surface area contributed by atoms with E-state index in [1.54, 1.807) is 0 Å². The van der Waals surface area contributed by atoms with Gasteiger partial charge in [0.05, 0.1) is 6.10 Å². The van der Waals surface area contributed by atoms with Crippen LogP contribution in [0.5, 0.6) is 0 Å². The Morgan fingerprint density at radius 3 is 2.08 bits per heavy atom. The van der Waals surface area contributed by atoms with Crippen molar-refractivity contribution in [1.82, 2.24) is 0 Å². The van der Waals surface area contributed by atoms with Crippen LogP contribution in [0.4, 0.5) is 0 Å². The summed E-state index contributed by atoms with van der Waals surface area (Å²) >= 11 is 0.403. The first kappa shape index (κ1) is 19.2. The van der Waals surface area contributed by atoms with E-state index in [1.807, 2.05) is 0 Å². The predicted octanol–water partition coefficient (Wildman–Crippen LogP) is -1.63. The Balaban J connectivity index is -0.000000405. The van der Waals surface area contributed by atoms with Gasteiger partial charge in [-0.15, -0.1) is 0 Å². The fourth-order valence-corrected chi connectivity index (χ4v) is 1.85. The molecule has 0 spiro atoms. The van der Waals surface area contributed by atoms with Crippen LogP contribution in [0, 0.1) is 0 Å². The second kappa shape index (κ2) is 9.18. The molecule has 0 aliphatic heterocycles. The van der Waals surface area contributed by atoms with Crippen LogP contribution in [-0.2, 0) is 4.57 Å². The predicted molar refractivity (Wildman–Crippen MR) is 51.1 cm³/mol. The molecule has 0 rings (SSSR count). The number of rotatable bonds is 4. The summed E-state index contributed by atoms with van der Waals surface area (Å²) in [6, 6.07) is 0. The minimum atomic E-state index is -4.03. The average Bonchev–Trinajstić information content (AvgIpc) is 1.81. The minimum absolute atomic E-state index is 0. The van der Waals surface area contributed by atoms with Gasteiger partial charge in [-0.3, -0.25) is 0 Å². The van der Waals surface area contributed by atoms with Crippen molar-refractivity contribution in [2.45, 2.75) is 6.10 Å². The van der Waals surface area contributed by atoms with Crippen molar-refractivity contribution in [3.63, 3.8) is 0 Å². The van der Waals surface area contributed by atoms with Crippen molar-refractivity contribution >= 4 is 55.9 Å². The molecule has 0 amide bonds. The number of aliphatic hydroxyl groups excluding tert-OH is 1. The molecule has 1 unspecified atom stereocenters. The van der Waals surface area contributed by atoms with Crippen molar-refractivity contribution in [2.24, 2.45) is 5.73 Å². The van der Waals surface area contributed by atoms with E-state index < -0.39 is 12.9 Å². The smallest absolute Gasteiger partial charge is 0.384 e. The number of hydrogen-bond donors (Lipinski definition) is 4. The van der Waals surface area contributed by atoms with Crippen LogP contribution in [0.15, 0.2) is 0 Å². The van der Waals surface area contributed by atoms with Gasteiger partial charge in [0, 0.05) is 50.0 Å². The van der Waals surface area contributed by atoms with Gasteiger partial charge >= 0.3 is 6.80 Å². The maximum Gasteiger partial charge on any atom is 0.384 e. The number of hydrogen-bond acceptors (Lipinski definition) is 4.